The average Bonchev–Trinajstić information content (AvgIpc) is 2.18. The minimum absolute atomic E-state index is 0.117. The number of benzene rings is 1. The van der Waals surface area contributed by atoms with Crippen molar-refractivity contribution in [2.24, 2.45) is 0 Å². The Morgan fingerprint density at radius 3 is 2.93 bits per heavy atom. The fraction of sp³-hybridized carbons (Fsp3) is 0.273. The van der Waals surface area contributed by atoms with Crippen molar-refractivity contribution < 1.29 is 9.50 Å². The quantitative estimate of drug-likeness (QED) is 0.590. The Bertz CT molecular complexity index is 365. The maximum atomic E-state index is 12.8. The third kappa shape index (κ3) is 3.37. The van der Waals surface area contributed by atoms with Gasteiger partial charge in [-0.05, 0) is 24.6 Å². The number of unbranched alkanes of at least 4 members (excludes halogenated alkanes) is 1. The van der Waals surface area contributed by atoms with Gasteiger partial charge in [0.1, 0.15) is 5.82 Å². The van der Waals surface area contributed by atoms with E-state index in [1.165, 1.54) is 18.2 Å². The van der Waals surface area contributed by atoms with E-state index in [1.54, 1.807) is 0 Å². The third-order valence-corrected chi connectivity index (χ3v) is 1.94. The highest BCUT2D eigenvalue weighted by molar-refractivity contribution is 6.31. The molecule has 0 aliphatic rings. The van der Waals surface area contributed by atoms with Gasteiger partial charge in [-0.1, -0.05) is 23.4 Å². The van der Waals surface area contributed by atoms with E-state index in [1.807, 2.05) is 0 Å². The first-order valence-corrected chi connectivity index (χ1v) is 4.66. The largest absolute Gasteiger partial charge is 0.396 e. The van der Waals surface area contributed by atoms with Gasteiger partial charge in [0.05, 0.1) is 5.02 Å². The summed E-state index contributed by atoms with van der Waals surface area (Å²) in [5.74, 6) is 5.22. The smallest absolute Gasteiger partial charge is 0.124 e. The van der Waals surface area contributed by atoms with E-state index in [0.717, 1.165) is 0 Å². The predicted octanol–water partition coefficient (Wildman–Crippen LogP) is 2.60. The van der Waals surface area contributed by atoms with Crippen molar-refractivity contribution in [2.75, 3.05) is 6.61 Å². The van der Waals surface area contributed by atoms with Gasteiger partial charge in [-0.15, -0.1) is 0 Å². The van der Waals surface area contributed by atoms with Gasteiger partial charge in [0, 0.05) is 18.6 Å². The molecule has 1 rings (SSSR count). The summed E-state index contributed by atoms with van der Waals surface area (Å²) in [5, 5.41) is 8.96. The molecule has 0 atom stereocenters. The van der Waals surface area contributed by atoms with Crippen LogP contribution in [0.2, 0.25) is 5.02 Å². The monoisotopic (exact) mass is 212 g/mol. The SMILES string of the molecule is OCCCC#Cc1cc(F)ccc1Cl. The molecule has 1 nitrogen and oxygen atoms in total. The first-order valence-electron chi connectivity index (χ1n) is 4.29. The number of hydrogen-bond donors (Lipinski definition) is 1. The highest BCUT2D eigenvalue weighted by Crippen LogP contribution is 2.15. The second-order valence-corrected chi connectivity index (χ2v) is 3.16. The van der Waals surface area contributed by atoms with Crippen molar-refractivity contribution in [1.29, 1.82) is 0 Å². The Morgan fingerprint density at radius 1 is 1.43 bits per heavy atom. The molecule has 0 amide bonds. The zero-order chi connectivity index (χ0) is 10.4. The lowest BCUT2D eigenvalue weighted by atomic mass is 10.2. The molecule has 0 aliphatic heterocycles. The summed E-state index contributed by atoms with van der Waals surface area (Å²) >= 11 is 5.79. The first kappa shape index (κ1) is 11.0. The van der Waals surface area contributed by atoms with Gasteiger partial charge in [0.15, 0.2) is 0 Å². The molecule has 0 heterocycles. The van der Waals surface area contributed by atoms with Gasteiger partial charge in [0.2, 0.25) is 0 Å². The summed E-state index contributed by atoms with van der Waals surface area (Å²) < 4.78 is 12.8. The minimum atomic E-state index is -0.346. The van der Waals surface area contributed by atoms with E-state index in [0.29, 0.717) is 23.4 Å². The Labute approximate surface area is 87.5 Å². The summed E-state index contributed by atoms with van der Waals surface area (Å²) in [4.78, 5) is 0. The maximum Gasteiger partial charge on any atom is 0.124 e. The van der Waals surface area contributed by atoms with Crippen LogP contribution in [0.3, 0.4) is 0 Å². The van der Waals surface area contributed by atoms with E-state index >= 15 is 0 Å². The van der Waals surface area contributed by atoms with Crippen molar-refractivity contribution in [3.63, 3.8) is 0 Å². The third-order valence-electron chi connectivity index (χ3n) is 1.61. The molecule has 1 N–H and O–H groups in total. The summed E-state index contributed by atoms with van der Waals surface area (Å²) in [5.41, 5.74) is 0.490. The molecular formula is C11H10ClFO. The first-order chi connectivity index (χ1) is 6.74. The molecule has 0 saturated heterocycles. The van der Waals surface area contributed by atoms with E-state index in [4.69, 9.17) is 16.7 Å². The van der Waals surface area contributed by atoms with Crippen molar-refractivity contribution in [2.45, 2.75) is 12.8 Å². The molecule has 0 saturated carbocycles. The zero-order valence-corrected chi connectivity index (χ0v) is 8.31. The minimum Gasteiger partial charge on any atom is -0.396 e. The summed E-state index contributed by atoms with van der Waals surface area (Å²) in [7, 11) is 0. The van der Waals surface area contributed by atoms with Crippen LogP contribution in [-0.2, 0) is 0 Å². The van der Waals surface area contributed by atoms with Gasteiger partial charge in [-0.2, -0.15) is 0 Å². The number of rotatable bonds is 2. The molecule has 3 heteroatoms. The van der Waals surface area contributed by atoms with E-state index in [-0.39, 0.29) is 12.4 Å². The van der Waals surface area contributed by atoms with Gasteiger partial charge in [-0.25, -0.2) is 4.39 Å². The number of hydrogen-bond acceptors (Lipinski definition) is 1. The zero-order valence-electron chi connectivity index (χ0n) is 7.56. The normalized spacial score (nSPS) is 9.36. The second-order valence-electron chi connectivity index (χ2n) is 2.75. The van der Waals surface area contributed by atoms with Crippen LogP contribution >= 0.6 is 11.6 Å². The van der Waals surface area contributed by atoms with Crippen LogP contribution in [0.4, 0.5) is 4.39 Å². The lowest BCUT2D eigenvalue weighted by molar-refractivity contribution is 0.290. The van der Waals surface area contributed by atoms with E-state index in [2.05, 4.69) is 11.8 Å². The Balaban J connectivity index is 2.73. The number of aliphatic hydroxyl groups is 1. The molecular weight excluding hydrogens is 203 g/mol. The van der Waals surface area contributed by atoms with Crippen LogP contribution in [-0.4, -0.2) is 11.7 Å². The Morgan fingerprint density at radius 2 is 2.21 bits per heavy atom. The number of aliphatic hydroxyl groups excluding tert-OH is 1. The van der Waals surface area contributed by atoms with Crippen LogP contribution in [0.25, 0.3) is 0 Å². The summed E-state index contributed by atoms with van der Waals surface area (Å²) in [6.07, 6.45) is 1.21. The molecule has 74 valence electrons. The molecule has 14 heavy (non-hydrogen) atoms. The van der Waals surface area contributed by atoms with E-state index < -0.39 is 0 Å². The highest BCUT2D eigenvalue weighted by atomic mass is 35.5. The summed E-state index contributed by atoms with van der Waals surface area (Å²) in [6.45, 7) is 0.117. The predicted molar refractivity (Wildman–Crippen MR) is 54.6 cm³/mol. The molecule has 0 fully saturated rings. The fourth-order valence-corrected chi connectivity index (χ4v) is 1.08. The van der Waals surface area contributed by atoms with Gasteiger partial charge < -0.3 is 5.11 Å². The summed E-state index contributed by atoms with van der Waals surface area (Å²) in [6, 6.07) is 4.07. The van der Waals surface area contributed by atoms with Gasteiger partial charge in [0.25, 0.3) is 0 Å². The van der Waals surface area contributed by atoms with Crippen molar-refractivity contribution in [3.05, 3.63) is 34.6 Å². The topological polar surface area (TPSA) is 20.2 Å². The number of halogens is 2. The molecule has 0 unspecified atom stereocenters. The van der Waals surface area contributed by atoms with Crippen molar-refractivity contribution in [1.82, 2.24) is 0 Å². The van der Waals surface area contributed by atoms with Crippen LogP contribution in [0.5, 0.6) is 0 Å². The van der Waals surface area contributed by atoms with Crippen LogP contribution in [0, 0.1) is 17.7 Å². The molecule has 0 spiro atoms. The van der Waals surface area contributed by atoms with E-state index in [9.17, 15) is 4.39 Å². The molecule has 0 radical (unpaired) electrons. The lowest BCUT2D eigenvalue weighted by Crippen LogP contribution is -1.82. The standard InChI is InChI=1S/C11H10ClFO/c12-11-6-5-10(13)8-9(11)4-2-1-3-7-14/h5-6,8,14H,1,3,7H2. The molecule has 1 aromatic carbocycles. The lowest BCUT2D eigenvalue weighted by Gasteiger charge is -1.94. The second kappa shape index (κ2) is 5.64. The van der Waals surface area contributed by atoms with Crippen molar-refractivity contribution in [3.8, 4) is 11.8 Å². The molecule has 0 bridgehead atoms. The van der Waals surface area contributed by atoms with Crippen molar-refractivity contribution >= 4 is 11.6 Å². The average molecular weight is 213 g/mol. The molecule has 1 aromatic rings. The van der Waals surface area contributed by atoms with Crippen LogP contribution < -0.4 is 0 Å². The van der Waals surface area contributed by atoms with Gasteiger partial charge >= 0.3 is 0 Å². The van der Waals surface area contributed by atoms with Crippen LogP contribution in [0.15, 0.2) is 18.2 Å². The highest BCUT2D eigenvalue weighted by Gasteiger charge is 1.97. The Kier molecular flexibility index (Phi) is 4.45. The molecule has 0 aliphatic carbocycles. The Hall–Kier alpha value is -1.04. The molecule has 0 aromatic heterocycles. The fourth-order valence-electron chi connectivity index (χ4n) is 0.918. The maximum absolute atomic E-state index is 12.8. The van der Waals surface area contributed by atoms with Gasteiger partial charge in [-0.3, -0.25) is 0 Å². The van der Waals surface area contributed by atoms with Crippen LogP contribution in [0.1, 0.15) is 18.4 Å².